The van der Waals surface area contributed by atoms with Gasteiger partial charge in [0.25, 0.3) is 11.5 Å². The van der Waals surface area contributed by atoms with Gasteiger partial charge < -0.3 is 18.9 Å². The van der Waals surface area contributed by atoms with Crippen LogP contribution in [0.2, 0.25) is 0 Å². The van der Waals surface area contributed by atoms with E-state index < -0.39 is 11.5 Å². The highest BCUT2D eigenvalue weighted by Crippen LogP contribution is 2.38. The van der Waals surface area contributed by atoms with Crippen molar-refractivity contribution in [3.63, 3.8) is 0 Å². The van der Waals surface area contributed by atoms with Crippen LogP contribution in [0.25, 0.3) is 22.3 Å². The van der Waals surface area contributed by atoms with Gasteiger partial charge in [0.1, 0.15) is 5.75 Å². The first kappa shape index (κ1) is 22.7. The second-order valence-corrected chi connectivity index (χ2v) is 7.18. The topological polar surface area (TPSA) is 101 Å². The van der Waals surface area contributed by atoms with Gasteiger partial charge in [0.05, 0.1) is 39.3 Å². The molecular weight excluding hydrogens is 438 g/mol. The van der Waals surface area contributed by atoms with Crippen LogP contribution in [0, 0.1) is 0 Å². The number of hydrogen-bond acceptors (Lipinski definition) is 7. The molecule has 1 heterocycles. The second-order valence-electron chi connectivity index (χ2n) is 7.18. The van der Waals surface area contributed by atoms with Gasteiger partial charge in [-0.15, -0.1) is 0 Å². The second kappa shape index (κ2) is 9.53. The Labute approximate surface area is 195 Å². The summed E-state index contributed by atoms with van der Waals surface area (Å²) in [6, 6.07) is 17.0. The van der Waals surface area contributed by atoms with Crippen molar-refractivity contribution >= 4 is 16.8 Å². The lowest BCUT2D eigenvalue weighted by Crippen LogP contribution is -2.35. The molecule has 0 radical (unpaired) electrons. The molecule has 0 saturated heterocycles. The van der Waals surface area contributed by atoms with E-state index in [0.29, 0.717) is 39.5 Å². The summed E-state index contributed by atoms with van der Waals surface area (Å²) in [5.74, 6) is 1.34. The Balaban J connectivity index is 1.84. The minimum Gasteiger partial charge on any atom is -0.497 e. The molecule has 1 aromatic heterocycles. The van der Waals surface area contributed by atoms with Crippen molar-refractivity contribution in [2.75, 3.05) is 33.9 Å². The molecule has 34 heavy (non-hydrogen) atoms. The third kappa shape index (κ3) is 4.11. The Morgan fingerprint density at radius 1 is 0.853 bits per heavy atom. The number of ether oxygens (including phenoxy) is 4. The Morgan fingerprint density at radius 2 is 1.50 bits per heavy atom. The molecule has 0 aliphatic carbocycles. The predicted molar refractivity (Wildman–Crippen MR) is 128 cm³/mol. The largest absolute Gasteiger partial charge is 0.497 e. The number of carbonyl (C=O) groups is 1. The predicted octanol–water partition coefficient (Wildman–Crippen LogP) is 3.48. The Morgan fingerprint density at radius 3 is 2.09 bits per heavy atom. The highest BCUT2D eigenvalue weighted by atomic mass is 16.5. The van der Waals surface area contributed by atoms with Crippen molar-refractivity contribution in [3.05, 3.63) is 76.6 Å². The average Bonchev–Trinajstić information content (AvgIpc) is 2.89. The summed E-state index contributed by atoms with van der Waals surface area (Å²) < 4.78 is 22.3. The van der Waals surface area contributed by atoms with Crippen LogP contribution in [0.15, 0.2) is 65.5 Å². The molecule has 0 spiro atoms. The first-order valence-corrected chi connectivity index (χ1v) is 10.3. The van der Waals surface area contributed by atoms with E-state index in [1.54, 1.807) is 55.6 Å². The first-order chi connectivity index (χ1) is 16.5. The minimum absolute atomic E-state index is 0.204. The highest BCUT2D eigenvalue weighted by molar-refractivity contribution is 6.01. The number of carbonyl (C=O) groups excluding carboxylic acids is 1. The van der Waals surface area contributed by atoms with E-state index >= 15 is 0 Å². The van der Waals surface area contributed by atoms with Gasteiger partial charge in [0.2, 0.25) is 5.75 Å². The highest BCUT2D eigenvalue weighted by Gasteiger charge is 2.20. The molecule has 0 aliphatic rings. The van der Waals surface area contributed by atoms with Crippen molar-refractivity contribution in [2.24, 2.45) is 0 Å². The third-order valence-corrected chi connectivity index (χ3v) is 5.26. The standard InChI is InChI=1S/C25H23N3O6/c1-31-17-11-9-15(10-12-17)23-26-19-8-6-5-7-18(19)25(30)28(23)27-24(29)16-13-20(32-2)22(34-4)21(14-16)33-3/h5-14H,1-4H3,(H,27,29). The van der Waals surface area contributed by atoms with Crippen LogP contribution in [-0.2, 0) is 0 Å². The van der Waals surface area contributed by atoms with Crippen LogP contribution < -0.4 is 29.9 Å². The zero-order chi connectivity index (χ0) is 24.2. The lowest BCUT2D eigenvalue weighted by molar-refractivity contribution is 0.101. The quantitative estimate of drug-likeness (QED) is 0.450. The maximum Gasteiger partial charge on any atom is 0.280 e. The molecule has 174 valence electrons. The third-order valence-electron chi connectivity index (χ3n) is 5.26. The SMILES string of the molecule is COc1ccc(-c2nc3ccccc3c(=O)n2NC(=O)c2cc(OC)c(OC)c(OC)c2)cc1. The van der Waals surface area contributed by atoms with Crippen molar-refractivity contribution in [3.8, 4) is 34.4 Å². The maximum absolute atomic E-state index is 13.4. The summed E-state index contributed by atoms with van der Waals surface area (Å²) in [6.07, 6.45) is 0. The molecule has 0 aliphatic heterocycles. The summed E-state index contributed by atoms with van der Waals surface area (Å²) in [5, 5.41) is 0.366. The zero-order valence-corrected chi connectivity index (χ0v) is 19.1. The van der Waals surface area contributed by atoms with Gasteiger partial charge in [-0.2, -0.15) is 4.68 Å². The zero-order valence-electron chi connectivity index (χ0n) is 19.1. The van der Waals surface area contributed by atoms with E-state index in [0.717, 1.165) is 4.68 Å². The summed E-state index contributed by atoms with van der Waals surface area (Å²) in [4.78, 5) is 31.3. The molecule has 0 saturated carbocycles. The van der Waals surface area contributed by atoms with Gasteiger partial charge in [-0.05, 0) is 48.5 Å². The lowest BCUT2D eigenvalue weighted by Gasteiger charge is -2.17. The number of benzene rings is 3. The number of fused-ring (bicyclic) bond motifs is 1. The van der Waals surface area contributed by atoms with Crippen molar-refractivity contribution in [1.82, 2.24) is 9.66 Å². The van der Waals surface area contributed by atoms with Crippen molar-refractivity contribution in [1.29, 1.82) is 0 Å². The van der Waals surface area contributed by atoms with Crippen LogP contribution in [0.3, 0.4) is 0 Å². The summed E-state index contributed by atoms with van der Waals surface area (Å²) in [7, 11) is 5.95. The van der Waals surface area contributed by atoms with Crippen LogP contribution in [-0.4, -0.2) is 44.0 Å². The average molecular weight is 461 g/mol. The number of amides is 1. The first-order valence-electron chi connectivity index (χ1n) is 10.3. The van der Waals surface area contributed by atoms with E-state index in [4.69, 9.17) is 18.9 Å². The molecule has 1 N–H and O–H groups in total. The molecule has 9 nitrogen and oxygen atoms in total. The van der Waals surface area contributed by atoms with Crippen LogP contribution >= 0.6 is 0 Å². The number of nitrogens with one attached hydrogen (secondary N) is 1. The summed E-state index contributed by atoms with van der Waals surface area (Å²) in [5.41, 5.74) is 3.59. The maximum atomic E-state index is 13.4. The minimum atomic E-state index is -0.562. The Hall–Kier alpha value is -4.53. The summed E-state index contributed by atoms with van der Waals surface area (Å²) >= 11 is 0. The normalized spacial score (nSPS) is 10.6. The molecule has 4 rings (SSSR count). The Kier molecular flexibility index (Phi) is 6.35. The molecule has 4 aromatic rings. The van der Waals surface area contributed by atoms with Gasteiger partial charge >= 0.3 is 0 Å². The Bertz CT molecular complexity index is 1390. The fourth-order valence-electron chi connectivity index (χ4n) is 3.55. The molecule has 9 heteroatoms. The van der Waals surface area contributed by atoms with E-state index in [9.17, 15) is 9.59 Å². The van der Waals surface area contributed by atoms with Crippen molar-refractivity contribution < 1.29 is 23.7 Å². The molecule has 0 fully saturated rings. The molecule has 0 atom stereocenters. The number of aromatic nitrogens is 2. The van der Waals surface area contributed by atoms with E-state index in [-0.39, 0.29) is 11.4 Å². The monoisotopic (exact) mass is 461 g/mol. The van der Waals surface area contributed by atoms with E-state index in [1.807, 2.05) is 0 Å². The molecule has 0 unspecified atom stereocenters. The number of para-hydroxylation sites is 1. The smallest absolute Gasteiger partial charge is 0.280 e. The number of methoxy groups -OCH3 is 4. The van der Waals surface area contributed by atoms with Crippen LogP contribution in [0.1, 0.15) is 10.4 Å². The molecule has 0 bridgehead atoms. The van der Waals surface area contributed by atoms with Crippen molar-refractivity contribution in [2.45, 2.75) is 0 Å². The van der Waals surface area contributed by atoms with E-state index in [2.05, 4.69) is 10.4 Å². The van der Waals surface area contributed by atoms with Crippen LogP contribution in [0.4, 0.5) is 0 Å². The number of rotatable bonds is 7. The van der Waals surface area contributed by atoms with Gasteiger partial charge in [-0.1, -0.05) is 12.1 Å². The number of nitrogens with zero attached hydrogens (tertiary/aromatic N) is 2. The molecule has 1 amide bonds. The van der Waals surface area contributed by atoms with E-state index in [1.165, 1.54) is 33.5 Å². The fraction of sp³-hybridized carbons (Fsp3) is 0.160. The van der Waals surface area contributed by atoms with Crippen LogP contribution in [0.5, 0.6) is 23.0 Å². The number of hydrogen-bond donors (Lipinski definition) is 1. The van der Waals surface area contributed by atoms with Gasteiger partial charge in [0, 0.05) is 11.1 Å². The van der Waals surface area contributed by atoms with Gasteiger partial charge in [-0.25, -0.2) is 4.98 Å². The lowest BCUT2D eigenvalue weighted by atomic mass is 10.1. The van der Waals surface area contributed by atoms with Gasteiger partial charge in [-0.3, -0.25) is 15.0 Å². The molecular formula is C25H23N3O6. The fourth-order valence-corrected chi connectivity index (χ4v) is 3.55. The summed E-state index contributed by atoms with van der Waals surface area (Å²) in [6.45, 7) is 0. The molecule has 3 aromatic carbocycles. The van der Waals surface area contributed by atoms with Gasteiger partial charge in [0.15, 0.2) is 17.3 Å².